The fourth-order valence-corrected chi connectivity index (χ4v) is 5.12. The molecule has 1 aliphatic heterocycles. The Balaban J connectivity index is 1.33. The summed E-state index contributed by atoms with van der Waals surface area (Å²) in [5.41, 5.74) is 2.32. The smallest absolute Gasteiger partial charge is 0.370 e. The quantitative estimate of drug-likeness (QED) is 0.492. The van der Waals surface area contributed by atoms with Crippen molar-refractivity contribution in [1.29, 1.82) is 0 Å². The average molecular weight is 422 g/mol. The van der Waals surface area contributed by atoms with Crippen molar-refractivity contribution in [3.63, 3.8) is 0 Å². The Morgan fingerprint density at radius 3 is 1.71 bits per heavy atom. The molecule has 5 heteroatoms. The Labute approximate surface area is 180 Å². The Hall–Kier alpha value is -2.79. The molecule has 2 fully saturated rings. The average Bonchev–Trinajstić information content (AvgIpc) is 3.27. The molecule has 0 N–H and O–H groups in total. The highest BCUT2D eigenvalue weighted by Gasteiger charge is 2.58. The molecule has 0 aromatic heterocycles. The van der Waals surface area contributed by atoms with Crippen LogP contribution in [-0.4, -0.2) is 24.0 Å². The van der Waals surface area contributed by atoms with Crippen LogP contribution in [0.5, 0.6) is 0 Å². The number of hydrogen-bond donors (Lipinski definition) is 0. The first-order chi connectivity index (χ1) is 15.0. The SMILES string of the molecule is FC(F)(F)c1ccccc1N1CC2C(N(Cc3ccccc3)Cc3ccccc3)[C@H]2C1. The predicted molar refractivity (Wildman–Crippen MR) is 117 cm³/mol. The highest BCUT2D eigenvalue weighted by molar-refractivity contribution is 5.57. The molecule has 0 spiro atoms. The fourth-order valence-electron chi connectivity index (χ4n) is 5.12. The number of hydrogen-bond acceptors (Lipinski definition) is 2. The highest BCUT2D eigenvalue weighted by atomic mass is 19.4. The number of para-hydroxylation sites is 1. The van der Waals surface area contributed by atoms with Crippen molar-refractivity contribution in [1.82, 2.24) is 4.90 Å². The minimum absolute atomic E-state index is 0.318. The van der Waals surface area contributed by atoms with Gasteiger partial charge in [0.25, 0.3) is 0 Å². The Bertz CT molecular complexity index is 966. The molecule has 31 heavy (non-hydrogen) atoms. The van der Waals surface area contributed by atoms with Crippen LogP contribution in [-0.2, 0) is 19.3 Å². The molecule has 2 nitrogen and oxygen atoms in total. The molecule has 1 saturated heterocycles. The number of anilines is 1. The van der Waals surface area contributed by atoms with Crippen molar-refractivity contribution in [3.8, 4) is 0 Å². The maximum absolute atomic E-state index is 13.5. The summed E-state index contributed by atoms with van der Waals surface area (Å²) >= 11 is 0. The molecule has 0 bridgehead atoms. The van der Waals surface area contributed by atoms with Crippen LogP contribution in [0.4, 0.5) is 18.9 Å². The van der Waals surface area contributed by atoms with Crippen LogP contribution in [0, 0.1) is 11.8 Å². The maximum Gasteiger partial charge on any atom is 0.418 e. The van der Waals surface area contributed by atoms with Crippen LogP contribution < -0.4 is 4.90 Å². The molecule has 5 rings (SSSR count). The summed E-state index contributed by atoms with van der Waals surface area (Å²) < 4.78 is 40.4. The van der Waals surface area contributed by atoms with Crippen LogP contribution in [0.15, 0.2) is 84.9 Å². The van der Waals surface area contributed by atoms with Gasteiger partial charge in [0.15, 0.2) is 0 Å². The molecule has 0 amide bonds. The van der Waals surface area contributed by atoms with Crippen molar-refractivity contribution >= 4 is 5.69 Å². The molecule has 1 heterocycles. The van der Waals surface area contributed by atoms with Gasteiger partial charge in [-0.05, 0) is 35.1 Å². The van der Waals surface area contributed by atoms with E-state index in [2.05, 4.69) is 53.4 Å². The number of fused-ring (bicyclic) bond motifs is 1. The van der Waals surface area contributed by atoms with Crippen LogP contribution in [0.2, 0.25) is 0 Å². The van der Waals surface area contributed by atoms with Crippen molar-refractivity contribution in [3.05, 3.63) is 102 Å². The second kappa shape index (κ2) is 8.04. The summed E-state index contributed by atoms with van der Waals surface area (Å²) in [6.07, 6.45) is -4.32. The zero-order valence-corrected chi connectivity index (χ0v) is 17.2. The Morgan fingerprint density at radius 1 is 0.710 bits per heavy atom. The fraction of sp³-hybridized carbons (Fsp3) is 0.308. The second-order valence-electron chi connectivity index (χ2n) is 8.61. The van der Waals surface area contributed by atoms with E-state index >= 15 is 0 Å². The highest BCUT2D eigenvalue weighted by Crippen LogP contribution is 2.52. The van der Waals surface area contributed by atoms with E-state index in [-0.39, 0.29) is 0 Å². The van der Waals surface area contributed by atoms with Crippen LogP contribution in [0.3, 0.4) is 0 Å². The Kier molecular flexibility index (Phi) is 5.22. The summed E-state index contributed by atoms with van der Waals surface area (Å²) in [6, 6.07) is 27.2. The van der Waals surface area contributed by atoms with Crippen LogP contribution in [0.25, 0.3) is 0 Å². The first-order valence-electron chi connectivity index (χ1n) is 10.7. The molecular formula is C26H25F3N2. The summed E-state index contributed by atoms with van der Waals surface area (Å²) in [7, 11) is 0. The van der Waals surface area contributed by atoms with Crippen molar-refractivity contribution in [2.75, 3.05) is 18.0 Å². The Morgan fingerprint density at radius 2 is 1.19 bits per heavy atom. The topological polar surface area (TPSA) is 6.48 Å². The van der Waals surface area contributed by atoms with Gasteiger partial charge in [-0.15, -0.1) is 0 Å². The normalized spacial score (nSPS) is 22.6. The van der Waals surface area contributed by atoms with Gasteiger partial charge in [-0.3, -0.25) is 4.90 Å². The molecule has 3 aromatic carbocycles. The molecule has 160 valence electrons. The number of rotatable bonds is 6. The summed E-state index contributed by atoms with van der Waals surface area (Å²) in [5, 5.41) is 0. The van der Waals surface area contributed by atoms with Gasteiger partial charge in [-0.25, -0.2) is 0 Å². The lowest BCUT2D eigenvalue weighted by atomic mass is 10.1. The van der Waals surface area contributed by atoms with Crippen molar-refractivity contribution in [2.24, 2.45) is 11.8 Å². The van der Waals surface area contributed by atoms with E-state index in [4.69, 9.17) is 0 Å². The summed E-state index contributed by atoms with van der Waals surface area (Å²) in [4.78, 5) is 4.44. The standard InChI is InChI=1S/C26H25F3N2/c27-26(28,29)23-13-7-8-14-24(23)30-17-21-22(18-30)25(21)31(15-19-9-3-1-4-10-19)16-20-11-5-2-6-12-20/h1-14,21-22,25H,15-18H2/t21-,22?,25?/m0/s1. The maximum atomic E-state index is 13.5. The van der Waals surface area contributed by atoms with Gasteiger partial charge in [0, 0.05) is 37.9 Å². The summed E-state index contributed by atoms with van der Waals surface area (Å²) in [6.45, 7) is 3.07. The third-order valence-electron chi connectivity index (χ3n) is 6.58. The molecule has 3 atom stereocenters. The minimum Gasteiger partial charge on any atom is -0.370 e. The third kappa shape index (κ3) is 4.19. The van der Waals surface area contributed by atoms with E-state index in [1.165, 1.54) is 23.3 Å². The summed E-state index contributed by atoms with van der Waals surface area (Å²) in [5.74, 6) is 0.822. The third-order valence-corrected chi connectivity index (χ3v) is 6.58. The zero-order valence-electron chi connectivity index (χ0n) is 17.2. The lowest BCUT2D eigenvalue weighted by Crippen LogP contribution is -2.35. The van der Waals surface area contributed by atoms with Gasteiger partial charge >= 0.3 is 6.18 Å². The van der Waals surface area contributed by atoms with E-state index < -0.39 is 11.7 Å². The van der Waals surface area contributed by atoms with Crippen molar-refractivity contribution < 1.29 is 13.2 Å². The molecule has 0 radical (unpaired) electrons. The van der Waals surface area contributed by atoms with E-state index in [1.54, 1.807) is 12.1 Å². The zero-order chi connectivity index (χ0) is 21.4. The number of benzene rings is 3. The van der Waals surface area contributed by atoms with Gasteiger partial charge in [-0.1, -0.05) is 72.8 Å². The van der Waals surface area contributed by atoms with Gasteiger partial charge in [0.05, 0.1) is 5.56 Å². The minimum atomic E-state index is -4.32. The van der Waals surface area contributed by atoms with Gasteiger partial charge in [0.2, 0.25) is 0 Å². The van der Waals surface area contributed by atoms with Crippen LogP contribution >= 0.6 is 0 Å². The van der Waals surface area contributed by atoms with E-state index in [9.17, 15) is 13.2 Å². The van der Waals surface area contributed by atoms with Crippen molar-refractivity contribution in [2.45, 2.75) is 25.3 Å². The number of alkyl halides is 3. The van der Waals surface area contributed by atoms with Gasteiger partial charge in [-0.2, -0.15) is 13.2 Å². The number of piperidine rings is 1. The monoisotopic (exact) mass is 422 g/mol. The predicted octanol–water partition coefficient (Wildman–Crippen LogP) is 5.84. The molecule has 2 unspecified atom stereocenters. The van der Waals surface area contributed by atoms with E-state index in [1.807, 2.05) is 17.0 Å². The molecule has 1 saturated carbocycles. The lowest BCUT2D eigenvalue weighted by molar-refractivity contribution is -0.137. The number of halogens is 3. The first kappa shape index (κ1) is 20.1. The largest absolute Gasteiger partial charge is 0.418 e. The number of nitrogens with zero attached hydrogens (tertiary/aromatic N) is 2. The molecule has 1 aliphatic carbocycles. The van der Waals surface area contributed by atoms with Gasteiger partial charge in [0.1, 0.15) is 0 Å². The second-order valence-corrected chi connectivity index (χ2v) is 8.61. The molecule has 2 aliphatic rings. The molecule has 3 aromatic rings. The molecular weight excluding hydrogens is 397 g/mol. The van der Waals surface area contributed by atoms with Crippen LogP contribution in [0.1, 0.15) is 16.7 Å². The first-order valence-corrected chi connectivity index (χ1v) is 10.7. The van der Waals surface area contributed by atoms with E-state index in [0.29, 0.717) is 36.7 Å². The van der Waals surface area contributed by atoms with E-state index in [0.717, 1.165) is 13.1 Å². The lowest BCUT2D eigenvalue weighted by Gasteiger charge is -2.30. The van der Waals surface area contributed by atoms with Gasteiger partial charge < -0.3 is 4.90 Å².